The molecule has 2 aliphatic rings. The van der Waals surface area contributed by atoms with E-state index in [9.17, 15) is 0 Å². The first-order valence-corrected chi connectivity index (χ1v) is 12.6. The van der Waals surface area contributed by atoms with Gasteiger partial charge in [0.2, 0.25) is 0 Å². The molecule has 0 aliphatic carbocycles. The third kappa shape index (κ3) is 5.32. The Balaban J connectivity index is 0.00000308. The summed E-state index contributed by atoms with van der Waals surface area (Å²) in [6, 6.07) is 29.5. The maximum absolute atomic E-state index is 6.40. The van der Waals surface area contributed by atoms with Crippen molar-refractivity contribution in [3.8, 4) is 22.6 Å². The zero-order valence-corrected chi connectivity index (χ0v) is 24.5. The van der Waals surface area contributed by atoms with Gasteiger partial charge in [-0.25, -0.2) is 0 Å². The average molecular weight is 695 g/mol. The first-order chi connectivity index (χ1) is 18.4. The maximum Gasteiger partial charge on any atom is 4.00 e. The number of hydrogen-bond donors (Lipinski definition) is 0. The van der Waals surface area contributed by atoms with Crippen LogP contribution in [-0.4, -0.2) is 28.9 Å². The number of hydrogen-bond acceptors (Lipinski definition) is 6. The molecule has 3 heterocycles. The van der Waals surface area contributed by atoms with Gasteiger partial charge in [0.15, 0.2) is 0 Å². The second-order valence-corrected chi connectivity index (χ2v) is 10.0. The molecule has 0 radical (unpaired) electrons. The monoisotopic (exact) mass is 694 g/mol. The number of para-hydroxylation sites is 1. The Labute approximate surface area is 245 Å². The van der Waals surface area contributed by atoms with E-state index in [1.165, 1.54) is 5.56 Å². The van der Waals surface area contributed by atoms with Crippen molar-refractivity contribution in [1.82, 2.24) is 14.8 Å². The van der Waals surface area contributed by atoms with E-state index >= 15 is 0 Å². The number of fused-ring (bicyclic) bond motifs is 1. The molecule has 4 aromatic rings. The summed E-state index contributed by atoms with van der Waals surface area (Å²) >= 11 is 0. The summed E-state index contributed by atoms with van der Waals surface area (Å²) in [6.07, 6.45) is 7.59. The largest absolute Gasteiger partial charge is 4.00 e. The first kappa shape index (κ1) is 27.0. The van der Waals surface area contributed by atoms with Gasteiger partial charge in [-0.15, -0.1) is 53.3 Å². The van der Waals surface area contributed by atoms with Crippen LogP contribution in [0.15, 0.2) is 91.5 Å². The van der Waals surface area contributed by atoms with Crippen LogP contribution in [0.4, 0.5) is 17.1 Å². The van der Waals surface area contributed by atoms with Crippen LogP contribution in [0.1, 0.15) is 19.4 Å². The van der Waals surface area contributed by atoms with Crippen molar-refractivity contribution in [3.63, 3.8) is 0 Å². The molecule has 0 saturated carbocycles. The SMILES string of the molecule is CN1C=CN(c2[c-]c(Oc3[c-]c(N4[CH-]N(C)C(C)(C)c5ccccc54)ccc3)cc(-c3ccncc3)c2)[CH-]1.[Pt+4]. The summed E-state index contributed by atoms with van der Waals surface area (Å²) in [5.74, 6) is 1.23. The fourth-order valence-electron chi connectivity index (χ4n) is 4.74. The molecule has 198 valence electrons. The molecule has 0 spiro atoms. The van der Waals surface area contributed by atoms with Gasteiger partial charge in [0.05, 0.1) is 0 Å². The van der Waals surface area contributed by atoms with Crippen molar-refractivity contribution in [1.29, 1.82) is 0 Å². The van der Waals surface area contributed by atoms with E-state index in [-0.39, 0.29) is 26.6 Å². The van der Waals surface area contributed by atoms with Gasteiger partial charge in [0.25, 0.3) is 0 Å². The zero-order valence-electron chi connectivity index (χ0n) is 22.3. The number of pyridine rings is 1. The van der Waals surface area contributed by atoms with Gasteiger partial charge in [-0.3, -0.25) is 4.98 Å². The van der Waals surface area contributed by atoms with Crippen LogP contribution in [0.5, 0.6) is 11.5 Å². The van der Waals surface area contributed by atoms with Crippen LogP contribution >= 0.6 is 0 Å². The minimum atomic E-state index is -0.116. The van der Waals surface area contributed by atoms with Crippen molar-refractivity contribution in [2.75, 3.05) is 23.9 Å². The normalized spacial score (nSPS) is 16.2. The maximum atomic E-state index is 6.40. The number of nitrogens with zero attached hydrogens (tertiary/aromatic N) is 5. The molecule has 6 rings (SSSR count). The number of rotatable bonds is 5. The summed E-state index contributed by atoms with van der Waals surface area (Å²) in [5.41, 5.74) is 6.14. The van der Waals surface area contributed by atoms with Crippen molar-refractivity contribution in [3.05, 3.63) is 123 Å². The molecule has 0 fully saturated rings. The Kier molecular flexibility index (Phi) is 7.52. The Bertz CT molecular complexity index is 1490. The minimum Gasteiger partial charge on any atom is -0.510 e. The smallest absolute Gasteiger partial charge is 0.510 e. The quantitative estimate of drug-likeness (QED) is 0.211. The third-order valence-corrected chi connectivity index (χ3v) is 7.12. The van der Waals surface area contributed by atoms with Crippen LogP contribution in [0, 0.1) is 25.5 Å². The molecular formula is C32H29N5OPt. The van der Waals surface area contributed by atoms with E-state index in [1.54, 1.807) is 12.4 Å². The standard InChI is InChI=1S/C32H29N5O.Pt/c1-32(2)30-10-5-6-11-31(30)37(23-35(32)4)26-8-7-9-28(20-26)38-29-19-25(24-12-14-33-15-13-24)18-27(21-29)36-17-16-34(3)22-36;/h5-19,22-23H,1-4H3;/q-4;+4. The van der Waals surface area contributed by atoms with Crippen molar-refractivity contribution < 1.29 is 25.8 Å². The topological polar surface area (TPSA) is 35.1 Å². The van der Waals surface area contributed by atoms with Gasteiger partial charge < -0.3 is 24.3 Å². The molecule has 0 unspecified atom stereocenters. The summed E-state index contributed by atoms with van der Waals surface area (Å²) in [6.45, 7) is 8.59. The van der Waals surface area contributed by atoms with Crippen molar-refractivity contribution in [2.45, 2.75) is 19.4 Å². The molecule has 3 aromatic carbocycles. The van der Waals surface area contributed by atoms with Gasteiger partial charge >= 0.3 is 21.1 Å². The predicted octanol–water partition coefficient (Wildman–Crippen LogP) is 6.92. The Morgan fingerprint density at radius 3 is 2.33 bits per heavy atom. The van der Waals surface area contributed by atoms with Gasteiger partial charge in [-0.05, 0) is 69.7 Å². The molecule has 0 N–H and O–H groups in total. The number of ether oxygens (including phenoxy) is 1. The number of anilines is 3. The molecule has 0 bridgehead atoms. The van der Waals surface area contributed by atoms with Gasteiger partial charge in [-0.2, -0.15) is 19.4 Å². The van der Waals surface area contributed by atoms with Gasteiger partial charge in [0.1, 0.15) is 0 Å². The van der Waals surface area contributed by atoms with Crippen LogP contribution < -0.4 is 14.5 Å². The molecular weight excluding hydrogens is 665 g/mol. The molecule has 1 aromatic heterocycles. The van der Waals surface area contributed by atoms with Gasteiger partial charge in [-0.1, -0.05) is 18.2 Å². The van der Waals surface area contributed by atoms with E-state index in [0.717, 1.165) is 28.2 Å². The molecule has 7 heteroatoms. The van der Waals surface area contributed by atoms with Crippen LogP contribution in [-0.2, 0) is 26.6 Å². The summed E-state index contributed by atoms with van der Waals surface area (Å²) in [5, 5.41) is 0. The summed E-state index contributed by atoms with van der Waals surface area (Å²) in [4.78, 5) is 12.6. The second-order valence-electron chi connectivity index (χ2n) is 10.0. The molecule has 0 atom stereocenters. The molecule has 0 saturated heterocycles. The Morgan fingerprint density at radius 2 is 1.56 bits per heavy atom. The van der Waals surface area contributed by atoms with Gasteiger partial charge in [0, 0.05) is 35.1 Å². The van der Waals surface area contributed by atoms with E-state index in [2.05, 4.69) is 90.9 Å². The van der Waals surface area contributed by atoms with E-state index in [0.29, 0.717) is 11.5 Å². The fourth-order valence-corrected chi connectivity index (χ4v) is 4.74. The van der Waals surface area contributed by atoms with Crippen LogP contribution in [0.2, 0.25) is 0 Å². The Hall–Kier alpha value is -3.60. The molecule has 39 heavy (non-hydrogen) atoms. The average Bonchev–Trinajstić information content (AvgIpc) is 3.38. The summed E-state index contributed by atoms with van der Waals surface area (Å²) < 4.78 is 6.40. The third-order valence-electron chi connectivity index (χ3n) is 7.12. The second kappa shape index (κ2) is 10.9. The van der Waals surface area contributed by atoms with Crippen LogP contribution in [0.3, 0.4) is 0 Å². The fraction of sp³-hybridized carbons (Fsp3) is 0.156. The molecule has 0 amide bonds. The van der Waals surface area contributed by atoms with Crippen molar-refractivity contribution in [2.24, 2.45) is 0 Å². The number of aromatic nitrogens is 1. The molecule has 6 nitrogen and oxygen atoms in total. The van der Waals surface area contributed by atoms with E-state index in [4.69, 9.17) is 4.74 Å². The Morgan fingerprint density at radius 1 is 0.795 bits per heavy atom. The first-order valence-electron chi connectivity index (χ1n) is 12.6. The van der Waals surface area contributed by atoms with E-state index in [1.807, 2.05) is 66.2 Å². The van der Waals surface area contributed by atoms with E-state index < -0.39 is 0 Å². The molecule has 2 aliphatic heterocycles. The van der Waals surface area contributed by atoms with Crippen LogP contribution in [0.25, 0.3) is 11.1 Å². The van der Waals surface area contributed by atoms with Crippen molar-refractivity contribution >= 4 is 17.1 Å². The zero-order chi connectivity index (χ0) is 26.3. The predicted molar refractivity (Wildman–Crippen MR) is 151 cm³/mol. The number of benzene rings is 3. The summed E-state index contributed by atoms with van der Waals surface area (Å²) in [7, 11) is 4.10. The minimum absolute atomic E-state index is 0.